The molecule has 2 nitrogen and oxygen atoms in total. The lowest BCUT2D eigenvalue weighted by Gasteiger charge is -2.60. The van der Waals surface area contributed by atoms with E-state index in [0.717, 1.165) is 32.3 Å². The van der Waals surface area contributed by atoms with Crippen LogP contribution in [0.15, 0.2) is 24.8 Å². The highest BCUT2D eigenvalue weighted by atomic mass is 28.4. The zero-order valence-corrected chi connectivity index (χ0v) is 19.3. The highest BCUT2D eigenvalue weighted by Gasteiger charge is 2.60. The molecule has 5 atom stereocenters. The van der Waals surface area contributed by atoms with Gasteiger partial charge in [0, 0.05) is 17.9 Å². The van der Waals surface area contributed by atoms with E-state index < -0.39 is 13.9 Å². The van der Waals surface area contributed by atoms with Gasteiger partial charge in [0.05, 0.1) is 5.60 Å². The van der Waals surface area contributed by atoms with Gasteiger partial charge in [-0.05, 0) is 62.1 Å². The molecule has 0 radical (unpaired) electrons. The first-order valence-corrected chi connectivity index (χ1v) is 13.3. The number of aliphatic hydroxyl groups is 1. The summed E-state index contributed by atoms with van der Waals surface area (Å²) in [4.78, 5) is 0. The molecule has 0 aliphatic heterocycles. The molecule has 150 valence electrons. The van der Waals surface area contributed by atoms with Crippen molar-refractivity contribution in [3.63, 3.8) is 0 Å². The lowest BCUT2D eigenvalue weighted by atomic mass is 9.48. The van der Waals surface area contributed by atoms with Gasteiger partial charge in [0.1, 0.15) is 0 Å². The minimum Gasteiger partial charge on any atom is -0.417 e. The van der Waals surface area contributed by atoms with Crippen LogP contribution in [0.3, 0.4) is 0 Å². The first kappa shape index (κ1) is 21.9. The predicted octanol–water partition coefficient (Wildman–Crippen LogP) is 6.33. The van der Waals surface area contributed by atoms with E-state index in [9.17, 15) is 5.11 Å². The number of fused-ring (bicyclic) bond motifs is 1. The van der Waals surface area contributed by atoms with Crippen molar-refractivity contribution in [3.05, 3.63) is 24.8 Å². The third-order valence-electron chi connectivity index (χ3n) is 8.10. The maximum Gasteiger partial charge on any atom is 0.191 e. The van der Waals surface area contributed by atoms with Crippen LogP contribution < -0.4 is 0 Å². The topological polar surface area (TPSA) is 29.5 Å². The highest BCUT2D eigenvalue weighted by Crippen LogP contribution is 2.60. The van der Waals surface area contributed by atoms with Crippen LogP contribution in [0.2, 0.25) is 18.1 Å². The maximum atomic E-state index is 12.0. The summed E-state index contributed by atoms with van der Waals surface area (Å²) in [5, 5.41) is 12.2. The number of hydrogen-bond acceptors (Lipinski definition) is 2. The molecule has 0 unspecified atom stereocenters. The summed E-state index contributed by atoms with van der Waals surface area (Å²) in [6.45, 7) is 25.2. The van der Waals surface area contributed by atoms with Crippen LogP contribution in [0, 0.1) is 23.2 Å². The Morgan fingerprint density at radius 2 is 1.92 bits per heavy atom. The largest absolute Gasteiger partial charge is 0.417 e. The first-order valence-electron chi connectivity index (χ1n) is 10.4. The summed E-state index contributed by atoms with van der Waals surface area (Å²) < 4.78 is 6.63. The van der Waals surface area contributed by atoms with E-state index in [1.807, 2.05) is 6.08 Å². The Hall–Kier alpha value is -0.383. The Balaban J connectivity index is 2.33. The minimum absolute atomic E-state index is 0.197. The summed E-state index contributed by atoms with van der Waals surface area (Å²) in [6, 6.07) is 0. The van der Waals surface area contributed by atoms with Crippen LogP contribution in [0.25, 0.3) is 0 Å². The Morgan fingerprint density at radius 3 is 2.46 bits per heavy atom. The van der Waals surface area contributed by atoms with Gasteiger partial charge in [0.15, 0.2) is 8.32 Å². The Labute approximate surface area is 163 Å². The fraction of sp³-hybridized carbons (Fsp3) is 0.826. The molecule has 0 heterocycles. The third kappa shape index (κ3) is 3.64. The molecule has 0 amide bonds. The Morgan fingerprint density at radius 1 is 1.31 bits per heavy atom. The van der Waals surface area contributed by atoms with Crippen molar-refractivity contribution in [1.82, 2.24) is 0 Å². The number of rotatable bonds is 5. The van der Waals surface area contributed by atoms with E-state index in [0.29, 0.717) is 11.8 Å². The molecule has 0 bridgehead atoms. The van der Waals surface area contributed by atoms with Gasteiger partial charge < -0.3 is 9.53 Å². The molecular formula is C23H42O2Si. The quantitative estimate of drug-likeness (QED) is 0.447. The fourth-order valence-corrected chi connectivity index (χ4v) is 6.14. The van der Waals surface area contributed by atoms with E-state index >= 15 is 0 Å². The van der Waals surface area contributed by atoms with Crippen molar-refractivity contribution in [3.8, 4) is 0 Å². The molecule has 26 heavy (non-hydrogen) atoms. The third-order valence-corrected chi connectivity index (χ3v) is 12.6. The molecule has 0 aromatic rings. The van der Waals surface area contributed by atoms with Crippen molar-refractivity contribution in [2.45, 2.75) is 90.5 Å². The van der Waals surface area contributed by atoms with Crippen molar-refractivity contribution >= 4 is 8.32 Å². The molecule has 3 heteroatoms. The molecule has 1 N–H and O–H groups in total. The smallest absolute Gasteiger partial charge is 0.191 e. The lowest BCUT2D eigenvalue weighted by Crippen LogP contribution is -2.62. The number of hydrogen-bond donors (Lipinski definition) is 1. The van der Waals surface area contributed by atoms with E-state index in [1.54, 1.807) is 0 Å². The van der Waals surface area contributed by atoms with Crippen LogP contribution in [-0.4, -0.2) is 25.6 Å². The average molecular weight is 379 g/mol. The second kappa shape index (κ2) is 7.22. The monoisotopic (exact) mass is 378 g/mol. The standard InChI is InChI=1S/C23H42O2Si/c1-10-13-22(7)19(16-25-26(8,9)21(4,5)6)14-18(3)20-12-11-17(2)15-23(20,22)24/h10,17,19-20,24H,1,3,11-16H2,2,4-9H3/t17-,19-,20+,22-,23+/m1/s1. The summed E-state index contributed by atoms with van der Waals surface area (Å²) in [6.07, 6.45) is 6.95. The van der Waals surface area contributed by atoms with Gasteiger partial charge in [-0.1, -0.05) is 52.8 Å². The van der Waals surface area contributed by atoms with Gasteiger partial charge in [0.2, 0.25) is 0 Å². The molecule has 0 aromatic carbocycles. The van der Waals surface area contributed by atoms with Crippen LogP contribution >= 0.6 is 0 Å². The maximum absolute atomic E-state index is 12.0. The van der Waals surface area contributed by atoms with Gasteiger partial charge in [-0.2, -0.15) is 0 Å². The van der Waals surface area contributed by atoms with Gasteiger partial charge in [-0.3, -0.25) is 0 Å². The minimum atomic E-state index is -1.81. The second-order valence-corrected chi connectivity index (χ2v) is 15.7. The van der Waals surface area contributed by atoms with Crippen molar-refractivity contribution in [2.24, 2.45) is 23.2 Å². The zero-order chi connectivity index (χ0) is 20.0. The summed E-state index contributed by atoms with van der Waals surface area (Å²) in [5.41, 5.74) is 0.359. The van der Waals surface area contributed by atoms with Gasteiger partial charge in [0.25, 0.3) is 0 Å². The van der Waals surface area contributed by atoms with Crippen LogP contribution in [0.5, 0.6) is 0 Å². The molecular weight excluding hydrogens is 336 g/mol. The SMILES string of the molecule is C=CC[C@]1(C)[C@@H](CO[Si](C)(C)C(C)(C)C)CC(=C)[C@@H]2CC[C@@H](C)C[C@]21O. The molecule has 2 rings (SSSR count). The van der Waals surface area contributed by atoms with Crippen LogP contribution in [-0.2, 0) is 4.43 Å². The predicted molar refractivity (Wildman–Crippen MR) is 115 cm³/mol. The molecule has 2 aliphatic rings. The molecule has 2 saturated carbocycles. The van der Waals surface area contributed by atoms with Gasteiger partial charge in [-0.25, -0.2) is 0 Å². The normalized spacial score (nSPS) is 38.8. The second-order valence-electron chi connectivity index (χ2n) is 10.9. The van der Waals surface area contributed by atoms with E-state index in [2.05, 4.69) is 60.9 Å². The molecule has 0 spiro atoms. The molecule has 0 saturated heterocycles. The summed E-state index contributed by atoms with van der Waals surface area (Å²) in [7, 11) is -1.81. The molecule has 0 aromatic heterocycles. The van der Waals surface area contributed by atoms with Gasteiger partial charge in [-0.15, -0.1) is 6.58 Å². The molecule has 2 aliphatic carbocycles. The van der Waals surface area contributed by atoms with Crippen LogP contribution in [0.4, 0.5) is 0 Å². The van der Waals surface area contributed by atoms with E-state index in [-0.39, 0.29) is 16.4 Å². The first-order chi connectivity index (χ1) is 11.8. The average Bonchev–Trinajstić information content (AvgIpc) is 2.48. The lowest BCUT2D eigenvalue weighted by molar-refractivity contribution is -0.184. The zero-order valence-electron chi connectivity index (χ0n) is 18.3. The summed E-state index contributed by atoms with van der Waals surface area (Å²) in [5.74, 6) is 1.09. The van der Waals surface area contributed by atoms with E-state index in [1.165, 1.54) is 12.0 Å². The van der Waals surface area contributed by atoms with E-state index in [4.69, 9.17) is 4.43 Å². The fourth-order valence-electron chi connectivity index (χ4n) is 5.09. The van der Waals surface area contributed by atoms with Crippen molar-refractivity contribution < 1.29 is 9.53 Å². The van der Waals surface area contributed by atoms with Gasteiger partial charge >= 0.3 is 0 Å². The Bertz CT molecular complexity index is 547. The Kier molecular flexibility index (Phi) is 6.08. The highest BCUT2D eigenvalue weighted by molar-refractivity contribution is 6.74. The number of allylic oxidation sites excluding steroid dienone is 1. The van der Waals surface area contributed by atoms with Crippen molar-refractivity contribution in [2.75, 3.05) is 6.61 Å². The molecule has 2 fully saturated rings. The van der Waals surface area contributed by atoms with Crippen LogP contribution in [0.1, 0.15) is 66.7 Å². The summed E-state index contributed by atoms with van der Waals surface area (Å²) >= 11 is 0. The van der Waals surface area contributed by atoms with Crippen molar-refractivity contribution in [1.29, 1.82) is 0 Å².